The van der Waals surface area contributed by atoms with Crippen LogP contribution in [0.15, 0.2) is 53.6 Å². The molecule has 1 aliphatic rings. The van der Waals surface area contributed by atoms with E-state index in [2.05, 4.69) is 0 Å². The summed E-state index contributed by atoms with van der Waals surface area (Å²) < 4.78 is 20.2. The van der Waals surface area contributed by atoms with Gasteiger partial charge in [0.2, 0.25) is 0 Å². The van der Waals surface area contributed by atoms with Gasteiger partial charge < -0.3 is 14.2 Å². The molecule has 0 saturated carbocycles. The summed E-state index contributed by atoms with van der Waals surface area (Å²) in [6.07, 6.45) is 3.53. The highest BCUT2D eigenvalue weighted by Gasteiger charge is 2.23. The third-order valence-corrected chi connectivity index (χ3v) is 6.25. The van der Waals surface area contributed by atoms with E-state index in [9.17, 15) is 4.79 Å². The normalized spacial score (nSPS) is 16.0. The van der Waals surface area contributed by atoms with Crippen LogP contribution >= 0.6 is 0 Å². The summed E-state index contributed by atoms with van der Waals surface area (Å²) in [4.78, 5) is 28.1. The van der Waals surface area contributed by atoms with Gasteiger partial charge in [-0.05, 0) is 25.0 Å². The van der Waals surface area contributed by atoms with Gasteiger partial charge in [-0.1, -0.05) is 12.1 Å². The number of para-hydroxylation sites is 2. The van der Waals surface area contributed by atoms with Gasteiger partial charge in [0.15, 0.2) is 11.3 Å². The van der Waals surface area contributed by atoms with Gasteiger partial charge in [-0.2, -0.15) is 0 Å². The van der Waals surface area contributed by atoms with Crippen molar-refractivity contribution in [2.75, 3.05) is 20.8 Å². The van der Waals surface area contributed by atoms with E-state index in [0.717, 1.165) is 25.0 Å². The molecule has 2 aromatic carbocycles. The Labute approximate surface area is 194 Å². The van der Waals surface area contributed by atoms with E-state index < -0.39 is 0 Å². The molecule has 1 atom stereocenters. The largest absolute Gasteiger partial charge is 0.497 e. The molecule has 0 bridgehead atoms. The SMILES string of the molecule is COc1cc(OC)cc(-n2c3nc4ccccc4nc3c3c(=O)n(C[C@@H]4CCCO4)cnc32)c1. The molecule has 1 saturated heterocycles. The number of rotatable bonds is 5. The molecular formula is C25H23N5O4. The zero-order valence-corrected chi connectivity index (χ0v) is 18.9. The van der Waals surface area contributed by atoms with E-state index >= 15 is 0 Å². The molecule has 1 fully saturated rings. The number of fused-ring (bicyclic) bond motifs is 4. The van der Waals surface area contributed by atoms with Gasteiger partial charge in [0.05, 0.1) is 43.6 Å². The van der Waals surface area contributed by atoms with Crippen molar-refractivity contribution >= 4 is 33.2 Å². The van der Waals surface area contributed by atoms with Crippen LogP contribution in [0.5, 0.6) is 11.5 Å². The number of hydrogen-bond donors (Lipinski definition) is 0. The maximum atomic E-state index is 13.7. The summed E-state index contributed by atoms with van der Waals surface area (Å²) in [5.74, 6) is 1.23. The molecule has 172 valence electrons. The second-order valence-corrected chi connectivity index (χ2v) is 8.33. The Morgan fingerprint density at radius 1 is 1.03 bits per heavy atom. The molecule has 3 aromatic heterocycles. The molecule has 34 heavy (non-hydrogen) atoms. The lowest BCUT2D eigenvalue weighted by molar-refractivity contribution is 0.0960. The highest BCUT2D eigenvalue weighted by molar-refractivity contribution is 6.05. The third-order valence-electron chi connectivity index (χ3n) is 6.25. The molecule has 0 N–H and O–H groups in total. The third kappa shape index (κ3) is 3.28. The Morgan fingerprint density at radius 2 is 1.76 bits per heavy atom. The minimum Gasteiger partial charge on any atom is -0.497 e. The average Bonchev–Trinajstić information content (AvgIpc) is 3.49. The number of hydrogen-bond acceptors (Lipinski definition) is 7. The van der Waals surface area contributed by atoms with Gasteiger partial charge in [0.1, 0.15) is 28.7 Å². The predicted molar refractivity (Wildman–Crippen MR) is 128 cm³/mol. The Morgan fingerprint density at radius 3 is 2.44 bits per heavy atom. The highest BCUT2D eigenvalue weighted by atomic mass is 16.5. The van der Waals surface area contributed by atoms with E-state index in [1.807, 2.05) is 41.0 Å². The first-order valence-electron chi connectivity index (χ1n) is 11.2. The Hall–Kier alpha value is -3.98. The van der Waals surface area contributed by atoms with Crippen molar-refractivity contribution in [1.82, 2.24) is 24.1 Å². The Kier molecular flexibility index (Phi) is 4.91. The molecule has 0 amide bonds. The highest BCUT2D eigenvalue weighted by Crippen LogP contribution is 2.32. The predicted octanol–water partition coefficient (Wildman–Crippen LogP) is 3.48. The van der Waals surface area contributed by atoms with Crippen LogP contribution in [0, 0.1) is 0 Å². The Bertz CT molecular complexity index is 1580. The zero-order valence-electron chi connectivity index (χ0n) is 18.9. The monoisotopic (exact) mass is 457 g/mol. The lowest BCUT2D eigenvalue weighted by Gasteiger charge is -2.12. The minimum absolute atomic E-state index is 0.0138. The van der Waals surface area contributed by atoms with Crippen molar-refractivity contribution in [2.24, 2.45) is 0 Å². The van der Waals surface area contributed by atoms with Crippen molar-refractivity contribution in [3.8, 4) is 17.2 Å². The molecule has 0 radical (unpaired) electrons. The summed E-state index contributed by atoms with van der Waals surface area (Å²) in [5.41, 5.74) is 3.53. The minimum atomic E-state index is -0.163. The van der Waals surface area contributed by atoms with Gasteiger partial charge in [0, 0.05) is 24.8 Å². The fraction of sp³-hybridized carbons (Fsp3) is 0.280. The van der Waals surface area contributed by atoms with Gasteiger partial charge in [-0.25, -0.2) is 15.0 Å². The van der Waals surface area contributed by atoms with Gasteiger partial charge in [-0.15, -0.1) is 0 Å². The number of methoxy groups -OCH3 is 2. The molecule has 0 aliphatic carbocycles. The van der Waals surface area contributed by atoms with E-state index in [-0.39, 0.29) is 11.7 Å². The first-order chi connectivity index (χ1) is 16.7. The first kappa shape index (κ1) is 20.6. The molecule has 0 spiro atoms. The van der Waals surface area contributed by atoms with Gasteiger partial charge >= 0.3 is 0 Å². The fourth-order valence-corrected chi connectivity index (χ4v) is 4.58. The molecule has 9 nitrogen and oxygen atoms in total. The van der Waals surface area contributed by atoms with E-state index in [4.69, 9.17) is 29.2 Å². The average molecular weight is 457 g/mol. The van der Waals surface area contributed by atoms with Crippen LogP contribution in [0.3, 0.4) is 0 Å². The van der Waals surface area contributed by atoms with Crippen molar-refractivity contribution in [2.45, 2.75) is 25.5 Å². The van der Waals surface area contributed by atoms with Gasteiger partial charge in [-0.3, -0.25) is 13.9 Å². The quantitative estimate of drug-likeness (QED) is 0.399. The van der Waals surface area contributed by atoms with E-state index in [0.29, 0.717) is 51.4 Å². The van der Waals surface area contributed by atoms with E-state index in [1.165, 1.54) is 0 Å². The van der Waals surface area contributed by atoms with E-state index in [1.54, 1.807) is 31.2 Å². The molecule has 6 rings (SSSR count). The van der Waals surface area contributed by atoms with Crippen LogP contribution in [0.2, 0.25) is 0 Å². The lowest BCUT2D eigenvalue weighted by atomic mass is 10.2. The maximum absolute atomic E-state index is 13.7. The Balaban J connectivity index is 1.68. The summed E-state index contributed by atoms with van der Waals surface area (Å²) in [6.45, 7) is 1.19. The number of ether oxygens (including phenoxy) is 3. The molecule has 5 aromatic rings. The first-order valence-corrected chi connectivity index (χ1v) is 11.2. The standard InChI is InChI=1S/C25H23N5O4/c1-32-17-10-15(11-18(12-17)33-2)30-23-21(22-24(30)28-20-8-4-3-7-19(20)27-22)25(31)29(14-26-23)13-16-6-5-9-34-16/h3-4,7-8,10-12,14,16H,5-6,9,13H2,1-2H3/t16-/m0/s1. The van der Waals surface area contributed by atoms with Crippen LogP contribution in [0.4, 0.5) is 0 Å². The number of benzene rings is 2. The topological polar surface area (TPSA) is 93.3 Å². The zero-order chi connectivity index (χ0) is 23.2. The van der Waals surface area contributed by atoms with Crippen molar-refractivity contribution in [1.29, 1.82) is 0 Å². The number of nitrogens with zero attached hydrogens (tertiary/aromatic N) is 5. The van der Waals surface area contributed by atoms with Crippen molar-refractivity contribution in [3.63, 3.8) is 0 Å². The summed E-state index contributed by atoms with van der Waals surface area (Å²) in [7, 11) is 3.19. The van der Waals surface area contributed by atoms with Crippen LogP contribution in [0.25, 0.3) is 38.9 Å². The fourth-order valence-electron chi connectivity index (χ4n) is 4.58. The van der Waals surface area contributed by atoms with Crippen molar-refractivity contribution in [3.05, 3.63) is 59.1 Å². The summed E-state index contributed by atoms with van der Waals surface area (Å²) in [6, 6.07) is 13.1. The van der Waals surface area contributed by atoms with Crippen LogP contribution in [0.1, 0.15) is 12.8 Å². The summed E-state index contributed by atoms with van der Waals surface area (Å²) >= 11 is 0. The maximum Gasteiger partial charge on any atom is 0.265 e. The smallest absolute Gasteiger partial charge is 0.265 e. The van der Waals surface area contributed by atoms with Crippen molar-refractivity contribution < 1.29 is 14.2 Å². The summed E-state index contributed by atoms with van der Waals surface area (Å²) in [5, 5.41) is 0.426. The molecular weight excluding hydrogens is 434 g/mol. The second kappa shape index (κ2) is 8.11. The van der Waals surface area contributed by atoms with Gasteiger partial charge in [0.25, 0.3) is 5.56 Å². The molecule has 4 heterocycles. The molecule has 1 aliphatic heterocycles. The van der Waals surface area contributed by atoms with Crippen LogP contribution in [-0.2, 0) is 11.3 Å². The second-order valence-electron chi connectivity index (χ2n) is 8.33. The number of aromatic nitrogens is 5. The molecule has 9 heteroatoms. The lowest BCUT2D eigenvalue weighted by Crippen LogP contribution is -2.26. The van der Waals surface area contributed by atoms with Crippen LogP contribution in [-0.4, -0.2) is 51.0 Å². The molecule has 0 unspecified atom stereocenters. The van der Waals surface area contributed by atoms with Crippen LogP contribution < -0.4 is 15.0 Å².